The van der Waals surface area contributed by atoms with Gasteiger partial charge in [-0.1, -0.05) is 0 Å². The van der Waals surface area contributed by atoms with Crippen LogP contribution in [0.25, 0.3) is 0 Å². The highest BCUT2D eigenvalue weighted by Gasteiger charge is 2.35. The van der Waals surface area contributed by atoms with Crippen LogP contribution in [0.4, 0.5) is 0 Å². The highest BCUT2D eigenvalue weighted by atomic mass is 32.2. The molecule has 0 unspecified atom stereocenters. The zero-order valence-corrected chi connectivity index (χ0v) is 15.8. The average molecular weight is 382 g/mol. The Morgan fingerprint density at radius 2 is 1.81 bits per heavy atom. The van der Waals surface area contributed by atoms with Crippen molar-refractivity contribution in [1.82, 2.24) is 9.21 Å². The molecule has 1 aromatic carbocycles. The minimum Gasteiger partial charge on any atom is -0.465 e. The van der Waals surface area contributed by atoms with Crippen molar-refractivity contribution in [3.8, 4) is 0 Å². The number of carbonyl (C=O) groups is 1. The number of methoxy groups -OCH3 is 1. The van der Waals surface area contributed by atoms with Gasteiger partial charge >= 0.3 is 5.97 Å². The van der Waals surface area contributed by atoms with Crippen LogP contribution < -0.4 is 0 Å². The summed E-state index contributed by atoms with van der Waals surface area (Å²) in [6, 6.07) is 6.41. The molecule has 0 aliphatic carbocycles. The third-order valence-corrected chi connectivity index (χ3v) is 7.35. The number of aliphatic hydroxyl groups is 1. The molecule has 2 saturated heterocycles. The first kappa shape index (κ1) is 19.3. The number of aliphatic hydroxyl groups excluding tert-OH is 1. The van der Waals surface area contributed by atoms with Crippen LogP contribution in [0.1, 0.15) is 36.0 Å². The SMILES string of the molecule is COC(=O)c1ccc(S(=O)(=O)N2CCC(N3CCC[C@@H]3CO)CC2)cc1. The molecule has 0 saturated carbocycles. The number of likely N-dealkylation sites (tertiary alicyclic amines) is 1. The van der Waals surface area contributed by atoms with Crippen molar-refractivity contribution in [3.63, 3.8) is 0 Å². The molecule has 0 radical (unpaired) electrons. The summed E-state index contributed by atoms with van der Waals surface area (Å²) < 4.78 is 31.8. The van der Waals surface area contributed by atoms with Crippen LogP contribution in [-0.4, -0.2) is 74.1 Å². The minimum atomic E-state index is -3.56. The lowest BCUT2D eigenvalue weighted by Gasteiger charge is -2.38. The average Bonchev–Trinajstić information content (AvgIpc) is 3.16. The second kappa shape index (κ2) is 8.04. The van der Waals surface area contributed by atoms with E-state index in [0.717, 1.165) is 32.2 Å². The Balaban J connectivity index is 1.65. The van der Waals surface area contributed by atoms with E-state index in [1.165, 1.54) is 35.7 Å². The summed E-state index contributed by atoms with van der Waals surface area (Å²) >= 11 is 0. The van der Waals surface area contributed by atoms with Crippen LogP contribution in [0.15, 0.2) is 29.2 Å². The summed E-state index contributed by atoms with van der Waals surface area (Å²) in [4.78, 5) is 14.0. The van der Waals surface area contributed by atoms with Gasteiger partial charge in [0, 0.05) is 25.2 Å². The van der Waals surface area contributed by atoms with Gasteiger partial charge in [0.2, 0.25) is 10.0 Å². The first-order valence-electron chi connectivity index (χ1n) is 9.02. The number of hydrogen-bond donors (Lipinski definition) is 1. The lowest BCUT2D eigenvalue weighted by molar-refractivity contribution is 0.0600. The van der Waals surface area contributed by atoms with Gasteiger partial charge in [-0.25, -0.2) is 13.2 Å². The molecule has 0 amide bonds. The Morgan fingerprint density at radius 3 is 2.38 bits per heavy atom. The Kier molecular flexibility index (Phi) is 5.96. The van der Waals surface area contributed by atoms with Gasteiger partial charge in [-0.2, -0.15) is 4.31 Å². The number of ether oxygens (including phenoxy) is 1. The van der Waals surface area contributed by atoms with E-state index in [2.05, 4.69) is 9.64 Å². The van der Waals surface area contributed by atoms with Gasteiger partial charge in [0.1, 0.15) is 0 Å². The molecule has 1 aromatic rings. The Hall–Kier alpha value is -1.48. The van der Waals surface area contributed by atoms with Gasteiger partial charge in [-0.15, -0.1) is 0 Å². The van der Waals surface area contributed by atoms with E-state index in [0.29, 0.717) is 24.7 Å². The molecule has 0 bridgehead atoms. The van der Waals surface area contributed by atoms with Crippen LogP contribution >= 0.6 is 0 Å². The fraction of sp³-hybridized carbons (Fsp3) is 0.611. The first-order valence-corrected chi connectivity index (χ1v) is 10.5. The number of sulfonamides is 1. The maximum absolute atomic E-state index is 12.8. The zero-order chi connectivity index (χ0) is 18.7. The van der Waals surface area contributed by atoms with E-state index < -0.39 is 16.0 Å². The molecule has 2 fully saturated rings. The van der Waals surface area contributed by atoms with Crippen molar-refractivity contribution in [2.45, 2.75) is 42.7 Å². The fourth-order valence-electron chi connectivity index (χ4n) is 3.98. The largest absolute Gasteiger partial charge is 0.465 e. The maximum Gasteiger partial charge on any atom is 0.337 e. The summed E-state index contributed by atoms with van der Waals surface area (Å²) in [5, 5.41) is 9.50. The van der Waals surface area contributed by atoms with E-state index in [1.54, 1.807) is 0 Å². The third kappa shape index (κ3) is 3.78. The zero-order valence-electron chi connectivity index (χ0n) is 15.0. The predicted octanol–water partition coefficient (Wildman–Crippen LogP) is 1.08. The van der Waals surface area contributed by atoms with Crippen LogP contribution in [0.5, 0.6) is 0 Å². The van der Waals surface area contributed by atoms with Crippen molar-refractivity contribution >= 4 is 16.0 Å². The van der Waals surface area contributed by atoms with Gasteiger partial charge in [-0.3, -0.25) is 4.90 Å². The van der Waals surface area contributed by atoms with Gasteiger partial charge in [0.15, 0.2) is 0 Å². The second-order valence-corrected chi connectivity index (χ2v) is 8.81. The summed E-state index contributed by atoms with van der Waals surface area (Å²) in [5.41, 5.74) is 0.328. The van der Waals surface area contributed by atoms with E-state index in [1.807, 2.05) is 0 Å². The number of esters is 1. The monoisotopic (exact) mass is 382 g/mol. The lowest BCUT2D eigenvalue weighted by atomic mass is 10.0. The molecule has 2 heterocycles. The van der Waals surface area contributed by atoms with E-state index in [4.69, 9.17) is 0 Å². The highest BCUT2D eigenvalue weighted by molar-refractivity contribution is 7.89. The Morgan fingerprint density at radius 1 is 1.15 bits per heavy atom. The van der Waals surface area contributed by atoms with Crippen LogP contribution in [0, 0.1) is 0 Å². The molecular formula is C18H26N2O5S. The number of carbonyl (C=O) groups excluding carboxylic acids is 1. The molecule has 8 heteroatoms. The number of hydrogen-bond acceptors (Lipinski definition) is 6. The molecule has 26 heavy (non-hydrogen) atoms. The van der Waals surface area contributed by atoms with E-state index in [9.17, 15) is 18.3 Å². The van der Waals surface area contributed by atoms with Crippen molar-refractivity contribution in [2.24, 2.45) is 0 Å². The number of benzene rings is 1. The molecular weight excluding hydrogens is 356 g/mol. The maximum atomic E-state index is 12.8. The van der Waals surface area contributed by atoms with Crippen molar-refractivity contribution < 1.29 is 23.1 Å². The predicted molar refractivity (Wildman–Crippen MR) is 96.4 cm³/mol. The van der Waals surface area contributed by atoms with E-state index in [-0.39, 0.29) is 17.5 Å². The molecule has 144 valence electrons. The molecule has 1 N–H and O–H groups in total. The normalized spacial score (nSPS) is 23.2. The Labute approximate surface area is 154 Å². The molecule has 1 atom stereocenters. The molecule has 0 spiro atoms. The topological polar surface area (TPSA) is 87.2 Å². The second-order valence-electron chi connectivity index (χ2n) is 6.87. The third-order valence-electron chi connectivity index (χ3n) is 5.44. The standard InChI is InChI=1S/C18H26N2O5S/c1-25-18(22)14-4-6-17(7-5-14)26(23,24)19-11-8-15(9-12-19)20-10-2-3-16(20)13-21/h4-7,15-16,21H,2-3,8-13H2,1H3/t16-/m1/s1. The molecule has 0 aromatic heterocycles. The van der Waals surface area contributed by atoms with Crippen LogP contribution in [0.2, 0.25) is 0 Å². The van der Waals surface area contributed by atoms with Crippen molar-refractivity contribution in [3.05, 3.63) is 29.8 Å². The number of piperidine rings is 1. The first-order chi connectivity index (χ1) is 12.5. The summed E-state index contributed by atoms with van der Waals surface area (Å²) in [5.74, 6) is -0.487. The summed E-state index contributed by atoms with van der Waals surface area (Å²) in [7, 11) is -2.27. The smallest absolute Gasteiger partial charge is 0.337 e. The number of nitrogens with zero attached hydrogens (tertiary/aromatic N) is 2. The number of rotatable bonds is 5. The van der Waals surface area contributed by atoms with E-state index >= 15 is 0 Å². The van der Waals surface area contributed by atoms with Gasteiger partial charge in [0.25, 0.3) is 0 Å². The van der Waals surface area contributed by atoms with Crippen molar-refractivity contribution in [2.75, 3.05) is 33.4 Å². The van der Waals surface area contributed by atoms with Gasteiger partial charge < -0.3 is 9.84 Å². The molecule has 3 rings (SSSR count). The minimum absolute atomic E-state index is 0.172. The molecule has 7 nitrogen and oxygen atoms in total. The molecule has 2 aliphatic heterocycles. The summed E-state index contributed by atoms with van der Waals surface area (Å²) in [6.07, 6.45) is 3.66. The highest BCUT2D eigenvalue weighted by Crippen LogP contribution is 2.28. The Bertz CT molecular complexity index is 726. The van der Waals surface area contributed by atoms with Crippen molar-refractivity contribution in [1.29, 1.82) is 0 Å². The fourth-order valence-corrected chi connectivity index (χ4v) is 5.45. The van der Waals surface area contributed by atoms with Crippen LogP contribution in [-0.2, 0) is 14.8 Å². The summed E-state index contributed by atoms with van der Waals surface area (Å²) in [6.45, 7) is 2.10. The quantitative estimate of drug-likeness (QED) is 0.767. The van der Waals surface area contributed by atoms with Crippen LogP contribution in [0.3, 0.4) is 0 Å². The van der Waals surface area contributed by atoms with Gasteiger partial charge in [-0.05, 0) is 56.5 Å². The van der Waals surface area contributed by atoms with Gasteiger partial charge in [0.05, 0.1) is 24.2 Å². The lowest BCUT2D eigenvalue weighted by Crippen LogP contribution is -2.48. The molecule has 2 aliphatic rings.